The van der Waals surface area contributed by atoms with Crippen molar-refractivity contribution >= 4 is 46.7 Å². The van der Waals surface area contributed by atoms with Crippen molar-refractivity contribution in [2.45, 2.75) is 19.9 Å². The van der Waals surface area contributed by atoms with Gasteiger partial charge in [-0.15, -0.1) is 12.4 Å². The number of para-hydroxylation sites is 1. The summed E-state index contributed by atoms with van der Waals surface area (Å²) in [6.07, 6.45) is 3.06. The molecule has 0 unspecified atom stereocenters. The zero-order chi connectivity index (χ0) is 20.9. The molecular formula is C23H28Cl2N4O2. The summed E-state index contributed by atoms with van der Waals surface area (Å²) < 4.78 is 7.13. The van der Waals surface area contributed by atoms with Crippen LogP contribution in [0.1, 0.15) is 12.5 Å². The van der Waals surface area contributed by atoms with E-state index in [2.05, 4.69) is 39.2 Å². The van der Waals surface area contributed by atoms with Crippen molar-refractivity contribution in [2.24, 2.45) is 0 Å². The van der Waals surface area contributed by atoms with Gasteiger partial charge in [-0.25, -0.2) is 4.98 Å². The number of aromatic nitrogens is 2. The van der Waals surface area contributed by atoms with E-state index < -0.39 is 0 Å². The Bertz CT molecular complexity index is 1020. The Balaban J connectivity index is 0.00000272. The number of nitrogens with zero attached hydrogens (tertiary/aromatic N) is 4. The zero-order valence-corrected chi connectivity index (χ0v) is 19.2. The van der Waals surface area contributed by atoms with Gasteiger partial charge < -0.3 is 14.2 Å². The van der Waals surface area contributed by atoms with Crippen LogP contribution < -0.4 is 4.90 Å². The third-order valence-corrected chi connectivity index (χ3v) is 5.78. The number of hydrogen-bond donors (Lipinski definition) is 0. The summed E-state index contributed by atoms with van der Waals surface area (Å²) >= 11 is 6.03. The number of benzene rings is 1. The molecule has 8 heteroatoms. The molecule has 0 aliphatic carbocycles. The van der Waals surface area contributed by atoms with Gasteiger partial charge >= 0.3 is 5.97 Å². The molecule has 1 fully saturated rings. The monoisotopic (exact) mass is 462 g/mol. The van der Waals surface area contributed by atoms with E-state index in [0.29, 0.717) is 11.8 Å². The summed E-state index contributed by atoms with van der Waals surface area (Å²) in [6, 6.07) is 14.0. The standard InChI is InChI=1S/C23H27ClN4O2.ClH/c1-2-30-23(29)17-28-16-18(19-6-3-4-7-20(19)28)10-11-26-12-14-27(15-13-26)22-9-5-8-21(24)25-22;/h3-9,16H,2,10-15,17H2,1H3;1H. The molecule has 1 aliphatic heterocycles. The van der Waals surface area contributed by atoms with Crippen molar-refractivity contribution < 1.29 is 9.53 Å². The summed E-state index contributed by atoms with van der Waals surface area (Å²) in [4.78, 5) is 21.2. The molecule has 0 atom stereocenters. The number of anilines is 1. The van der Waals surface area contributed by atoms with Crippen molar-refractivity contribution in [1.82, 2.24) is 14.5 Å². The topological polar surface area (TPSA) is 50.6 Å². The molecule has 0 saturated carbocycles. The highest BCUT2D eigenvalue weighted by Gasteiger charge is 2.19. The first kappa shape index (κ1) is 23.4. The van der Waals surface area contributed by atoms with Gasteiger partial charge in [-0.3, -0.25) is 9.69 Å². The highest BCUT2D eigenvalue weighted by atomic mass is 35.5. The Kier molecular flexibility index (Phi) is 8.18. The van der Waals surface area contributed by atoms with Crippen LogP contribution in [0.4, 0.5) is 5.82 Å². The molecule has 1 saturated heterocycles. The van der Waals surface area contributed by atoms with Crippen molar-refractivity contribution in [3.05, 3.63) is 59.4 Å². The van der Waals surface area contributed by atoms with Crippen LogP contribution in [0.2, 0.25) is 5.15 Å². The van der Waals surface area contributed by atoms with Gasteiger partial charge in [-0.2, -0.15) is 0 Å². The number of carbonyl (C=O) groups excluding carboxylic acids is 1. The van der Waals surface area contributed by atoms with E-state index in [1.54, 1.807) is 6.07 Å². The number of fused-ring (bicyclic) bond motifs is 1. The summed E-state index contributed by atoms with van der Waals surface area (Å²) in [5.74, 6) is 0.750. The summed E-state index contributed by atoms with van der Waals surface area (Å²) in [6.45, 7) is 7.35. The number of piperazine rings is 1. The van der Waals surface area contributed by atoms with Gasteiger partial charge in [0, 0.05) is 49.8 Å². The molecule has 3 heterocycles. The normalized spacial score (nSPS) is 14.5. The minimum absolute atomic E-state index is 0. The number of carbonyl (C=O) groups is 1. The maximum Gasteiger partial charge on any atom is 0.325 e. The van der Waals surface area contributed by atoms with E-state index in [9.17, 15) is 4.79 Å². The molecule has 166 valence electrons. The Morgan fingerprint density at radius 1 is 1.10 bits per heavy atom. The predicted octanol–water partition coefficient (Wildman–Crippen LogP) is 4.04. The highest BCUT2D eigenvalue weighted by molar-refractivity contribution is 6.29. The lowest BCUT2D eigenvalue weighted by Gasteiger charge is -2.35. The molecule has 4 rings (SSSR count). The molecule has 0 radical (unpaired) electrons. The molecule has 0 N–H and O–H groups in total. The quantitative estimate of drug-likeness (QED) is 0.391. The first-order chi connectivity index (χ1) is 14.6. The second-order valence-electron chi connectivity index (χ2n) is 7.50. The van der Waals surface area contributed by atoms with Gasteiger partial charge in [0.15, 0.2) is 0 Å². The molecule has 0 bridgehead atoms. The van der Waals surface area contributed by atoms with Gasteiger partial charge in [-0.1, -0.05) is 35.9 Å². The molecule has 1 aliphatic rings. The summed E-state index contributed by atoms with van der Waals surface area (Å²) in [5, 5.41) is 1.75. The third kappa shape index (κ3) is 5.70. The van der Waals surface area contributed by atoms with E-state index in [0.717, 1.165) is 50.5 Å². The van der Waals surface area contributed by atoms with E-state index in [-0.39, 0.29) is 24.9 Å². The molecule has 31 heavy (non-hydrogen) atoms. The molecule has 0 spiro atoms. The van der Waals surface area contributed by atoms with Crippen LogP contribution in [0, 0.1) is 0 Å². The van der Waals surface area contributed by atoms with Gasteiger partial charge in [0.2, 0.25) is 0 Å². The highest BCUT2D eigenvalue weighted by Crippen LogP contribution is 2.23. The van der Waals surface area contributed by atoms with Crippen LogP contribution in [0.3, 0.4) is 0 Å². The van der Waals surface area contributed by atoms with Crippen molar-refractivity contribution in [1.29, 1.82) is 0 Å². The van der Waals surface area contributed by atoms with Crippen LogP contribution >= 0.6 is 24.0 Å². The van der Waals surface area contributed by atoms with E-state index in [1.807, 2.05) is 29.7 Å². The zero-order valence-electron chi connectivity index (χ0n) is 17.7. The van der Waals surface area contributed by atoms with E-state index >= 15 is 0 Å². The fourth-order valence-corrected chi connectivity index (χ4v) is 4.21. The number of esters is 1. The maximum absolute atomic E-state index is 12.0. The van der Waals surface area contributed by atoms with Crippen LogP contribution in [0.5, 0.6) is 0 Å². The second kappa shape index (κ2) is 10.8. The molecule has 2 aromatic heterocycles. The number of hydrogen-bond acceptors (Lipinski definition) is 5. The largest absolute Gasteiger partial charge is 0.465 e. The Morgan fingerprint density at radius 3 is 2.61 bits per heavy atom. The van der Waals surface area contributed by atoms with Crippen molar-refractivity contribution in [3.63, 3.8) is 0 Å². The number of pyridine rings is 1. The van der Waals surface area contributed by atoms with Gasteiger partial charge in [0.25, 0.3) is 0 Å². The molecule has 6 nitrogen and oxygen atoms in total. The minimum Gasteiger partial charge on any atom is -0.465 e. The first-order valence-corrected chi connectivity index (χ1v) is 10.8. The average molecular weight is 463 g/mol. The van der Waals surface area contributed by atoms with Crippen LogP contribution in [0.25, 0.3) is 10.9 Å². The van der Waals surface area contributed by atoms with Crippen LogP contribution in [-0.4, -0.2) is 59.8 Å². The summed E-state index contributed by atoms with van der Waals surface area (Å²) in [7, 11) is 0. The fourth-order valence-electron chi connectivity index (χ4n) is 4.05. The van der Waals surface area contributed by atoms with E-state index in [4.69, 9.17) is 16.3 Å². The average Bonchev–Trinajstić information content (AvgIpc) is 3.10. The van der Waals surface area contributed by atoms with Crippen molar-refractivity contribution in [2.75, 3.05) is 44.2 Å². The van der Waals surface area contributed by atoms with Gasteiger partial charge in [0.05, 0.1) is 6.61 Å². The third-order valence-electron chi connectivity index (χ3n) is 5.57. The number of rotatable bonds is 7. The molecule has 1 aromatic carbocycles. The Morgan fingerprint density at radius 2 is 1.87 bits per heavy atom. The first-order valence-electron chi connectivity index (χ1n) is 10.5. The lowest BCUT2D eigenvalue weighted by Crippen LogP contribution is -2.47. The second-order valence-corrected chi connectivity index (χ2v) is 7.89. The lowest BCUT2D eigenvalue weighted by atomic mass is 10.1. The Labute approximate surface area is 194 Å². The molecule has 3 aromatic rings. The van der Waals surface area contributed by atoms with Gasteiger partial charge in [0.1, 0.15) is 17.5 Å². The Hall–Kier alpha value is -2.28. The number of halogens is 2. The smallest absolute Gasteiger partial charge is 0.325 e. The molecular weight excluding hydrogens is 435 g/mol. The minimum atomic E-state index is -0.199. The van der Waals surface area contributed by atoms with E-state index in [1.165, 1.54) is 10.9 Å². The molecule has 0 amide bonds. The van der Waals surface area contributed by atoms with Crippen LogP contribution in [0.15, 0.2) is 48.7 Å². The van der Waals surface area contributed by atoms with Crippen LogP contribution in [-0.2, 0) is 22.5 Å². The SMILES string of the molecule is CCOC(=O)Cn1cc(CCN2CCN(c3cccc(Cl)n3)CC2)c2ccccc21.Cl. The fraction of sp³-hybridized carbons (Fsp3) is 0.391. The van der Waals surface area contributed by atoms with Gasteiger partial charge in [-0.05, 0) is 37.1 Å². The lowest BCUT2D eigenvalue weighted by molar-refractivity contribution is -0.143. The van der Waals surface area contributed by atoms with Crippen molar-refractivity contribution in [3.8, 4) is 0 Å². The maximum atomic E-state index is 12.0. The number of ether oxygens (including phenoxy) is 1. The summed E-state index contributed by atoms with van der Waals surface area (Å²) in [5.41, 5.74) is 2.35. The predicted molar refractivity (Wildman–Crippen MR) is 127 cm³/mol.